The van der Waals surface area contributed by atoms with Gasteiger partial charge in [-0.15, -0.1) is 0 Å². The zero-order valence-electron chi connectivity index (χ0n) is 11.8. The van der Waals surface area contributed by atoms with E-state index < -0.39 is 9.84 Å². The first-order chi connectivity index (χ1) is 9.48. The molecule has 2 aliphatic rings. The van der Waals surface area contributed by atoms with Gasteiger partial charge >= 0.3 is 0 Å². The Morgan fingerprint density at radius 1 is 1.25 bits per heavy atom. The SMILES string of the molecule is CC1(COc2cccc3c2CNC3)CCS(=O)(=O)CC1. The van der Waals surface area contributed by atoms with Crippen molar-refractivity contribution in [2.24, 2.45) is 5.41 Å². The smallest absolute Gasteiger partial charge is 0.150 e. The van der Waals surface area contributed by atoms with Crippen molar-refractivity contribution in [3.63, 3.8) is 0 Å². The molecule has 0 aliphatic carbocycles. The molecule has 5 heteroatoms. The first-order valence-corrected chi connectivity index (χ1v) is 8.94. The summed E-state index contributed by atoms with van der Waals surface area (Å²) < 4.78 is 29.1. The van der Waals surface area contributed by atoms with E-state index in [1.54, 1.807) is 0 Å². The van der Waals surface area contributed by atoms with Gasteiger partial charge in [-0.25, -0.2) is 8.42 Å². The lowest BCUT2D eigenvalue weighted by Gasteiger charge is -2.33. The Hall–Kier alpha value is -1.07. The molecular weight excluding hydrogens is 274 g/mol. The first kappa shape index (κ1) is 13.9. The maximum atomic E-state index is 11.5. The summed E-state index contributed by atoms with van der Waals surface area (Å²) in [7, 11) is -2.81. The van der Waals surface area contributed by atoms with Crippen LogP contribution in [-0.2, 0) is 22.9 Å². The summed E-state index contributed by atoms with van der Waals surface area (Å²) >= 11 is 0. The van der Waals surface area contributed by atoms with Gasteiger partial charge in [0.15, 0.2) is 0 Å². The summed E-state index contributed by atoms with van der Waals surface area (Å²) in [5.41, 5.74) is 2.53. The van der Waals surface area contributed by atoms with E-state index >= 15 is 0 Å². The second kappa shape index (κ2) is 5.04. The van der Waals surface area contributed by atoms with Crippen LogP contribution < -0.4 is 10.1 Å². The number of rotatable bonds is 3. The zero-order valence-corrected chi connectivity index (χ0v) is 12.6. The number of benzene rings is 1. The van der Waals surface area contributed by atoms with Crippen LogP contribution >= 0.6 is 0 Å². The summed E-state index contributed by atoms with van der Waals surface area (Å²) in [4.78, 5) is 0. The normalized spacial score (nSPS) is 23.2. The highest BCUT2D eigenvalue weighted by atomic mass is 32.2. The molecule has 20 heavy (non-hydrogen) atoms. The zero-order chi connectivity index (χ0) is 14.2. The Bertz CT molecular complexity index is 596. The lowest BCUT2D eigenvalue weighted by molar-refractivity contribution is 0.148. The Morgan fingerprint density at radius 3 is 2.75 bits per heavy atom. The molecule has 1 fully saturated rings. The molecule has 0 aromatic heterocycles. The number of sulfone groups is 1. The van der Waals surface area contributed by atoms with Gasteiger partial charge in [0.2, 0.25) is 0 Å². The largest absolute Gasteiger partial charge is 0.493 e. The highest BCUT2D eigenvalue weighted by Gasteiger charge is 2.34. The molecule has 0 spiro atoms. The average Bonchev–Trinajstić information content (AvgIpc) is 2.89. The van der Waals surface area contributed by atoms with Crippen LogP contribution in [0, 0.1) is 5.41 Å². The monoisotopic (exact) mass is 295 g/mol. The fourth-order valence-corrected chi connectivity index (χ4v) is 4.67. The van der Waals surface area contributed by atoms with Crippen LogP contribution in [0.3, 0.4) is 0 Å². The standard InChI is InChI=1S/C15H21NO3S/c1-15(5-7-20(17,18)8-6-15)11-19-14-4-2-3-12-9-16-10-13(12)14/h2-4,16H,5-11H2,1H3. The van der Waals surface area contributed by atoms with Gasteiger partial charge in [-0.3, -0.25) is 0 Å². The van der Waals surface area contributed by atoms with E-state index in [1.807, 2.05) is 12.1 Å². The molecule has 1 aromatic carbocycles. The third-order valence-electron chi connectivity index (χ3n) is 4.46. The molecular formula is C15H21NO3S. The van der Waals surface area contributed by atoms with Crippen molar-refractivity contribution in [2.45, 2.75) is 32.9 Å². The minimum absolute atomic E-state index is 0.0277. The molecule has 0 amide bonds. The lowest BCUT2D eigenvalue weighted by atomic mass is 9.85. The van der Waals surface area contributed by atoms with E-state index in [1.165, 1.54) is 11.1 Å². The number of hydrogen-bond donors (Lipinski definition) is 1. The van der Waals surface area contributed by atoms with Crippen molar-refractivity contribution in [1.29, 1.82) is 0 Å². The van der Waals surface area contributed by atoms with Crippen molar-refractivity contribution in [1.82, 2.24) is 5.32 Å². The second-order valence-electron chi connectivity index (χ2n) is 6.25. The Balaban J connectivity index is 1.67. The van der Waals surface area contributed by atoms with Gasteiger partial charge in [0, 0.05) is 24.1 Å². The first-order valence-electron chi connectivity index (χ1n) is 7.12. The van der Waals surface area contributed by atoms with Gasteiger partial charge in [-0.2, -0.15) is 0 Å². The quantitative estimate of drug-likeness (QED) is 0.925. The van der Waals surface area contributed by atoms with Crippen molar-refractivity contribution in [3.8, 4) is 5.75 Å². The van der Waals surface area contributed by atoms with Crippen molar-refractivity contribution in [2.75, 3.05) is 18.1 Å². The van der Waals surface area contributed by atoms with E-state index in [0.29, 0.717) is 31.0 Å². The van der Waals surface area contributed by atoms with Crippen LogP contribution in [0.25, 0.3) is 0 Å². The van der Waals surface area contributed by atoms with Gasteiger partial charge < -0.3 is 10.1 Å². The molecule has 4 nitrogen and oxygen atoms in total. The molecule has 0 unspecified atom stereocenters. The molecule has 0 atom stereocenters. The third-order valence-corrected chi connectivity index (χ3v) is 6.11. The van der Waals surface area contributed by atoms with E-state index in [0.717, 1.165) is 18.8 Å². The van der Waals surface area contributed by atoms with Gasteiger partial charge in [0.05, 0.1) is 18.1 Å². The topological polar surface area (TPSA) is 55.4 Å². The maximum Gasteiger partial charge on any atom is 0.150 e. The molecule has 2 heterocycles. The predicted octanol–water partition coefficient (Wildman–Crippen LogP) is 1.88. The van der Waals surface area contributed by atoms with Crippen molar-refractivity contribution in [3.05, 3.63) is 29.3 Å². The fourth-order valence-electron chi connectivity index (χ4n) is 2.86. The van der Waals surface area contributed by atoms with Gasteiger partial charge in [-0.05, 0) is 24.5 Å². The van der Waals surface area contributed by atoms with Crippen molar-refractivity contribution >= 4 is 9.84 Å². The molecule has 1 N–H and O–H groups in total. The summed E-state index contributed by atoms with van der Waals surface area (Å²) in [6, 6.07) is 6.15. The molecule has 1 saturated heterocycles. The molecule has 2 aliphatic heterocycles. The minimum Gasteiger partial charge on any atom is -0.493 e. The van der Waals surface area contributed by atoms with Crippen LogP contribution in [-0.4, -0.2) is 26.5 Å². The summed E-state index contributed by atoms with van der Waals surface area (Å²) in [6.45, 7) is 4.49. The van der Waals surface area contributed by atoms with Gasteiger partial charge in [-0.1, -0.05) is 19.1 Å². The molecule has 1 aromatic rings. The van der Waals surface area contributed by atoms with Crippen molar-refractivity contribution < 1.29 is 13.2 Å². The number of ether oxygens (including phenoxy) is 1. The van der Waals surface area contributed by atoms with Crippen LogP contribution in [0.1, 0.15) is 30.9 Å². The Kier molecular flexibility index (Phi) is 3.50. The summed E-state index contributed by atoms with van der Waals surface area (Å²) in [6.07, 6.45) is 1.39. The summed E-state index contributed by atoms with van der Waals surface area (Å²) in [5, 5.41) is 3.33. The molecule has 0 bridgehead atoms. The number of hydrogen-bond acceptors (Lipinski definition) is 4. The van der Waals surface area contributed by atoms with Crippen LogP contribution in [0.5, 0.6) is 5.75 Å². The molecule has 0 saturated carbocycles. The van der Waals surface area contributed by atoms with E-state index in [4.69, 9.17) is 4.74 Å². The number of nitrogens with one attached hydrogen (secondary N) is 1. The summed E-state index contributed by atoms with van der Waals surface area (Å²) in [5.74, 6) is 1.53. The molecule has 110 valence electrons. The van der Waals surface area contributed by atoms with Crippen LogP contribution in [0.15, 0.2) is 18.2 Å². The van der Waals surface area contributed by atoms with E-state index in [-0.39, 0.29) is 5.41 Å². The van der Waals surface area contributed by atoms with E-state index in [2.05, 4.69) is 18.3 Å². The second-order valence-corrected chi connectivity index (χ2v) is 8.55. The van der Waals surface area contributed by atoms with E-state index in [9.17, 15) is 8.42 Å². The molecule has 3 rings (SSSR count). The van der Waals surface area contributed by atoms with Gasteiger partial charge in [0.1, 0.15) is 15.6 Å². The Morgan fingerprint density at radius 2 is 2.00 bits per heavy atom. The predicted molar refractivity (Wildman–Crippen MR) is 78.5 cm³/mol. The third kappa shape index (κ3) is 2.83. The van der Waals surface area contributed by atoms with Crippen LogP contribution in [0.4, 0.5) is 0 Å². The lowest BCUT2D eigenvalue weighted by Crippen LogP contribution is -2.35. The Labute approximate surface area is 120 Å². The van der Waals surface area contributed by atoms with Gasteiger partial charge in [0.25, 0.3) is 0 Å². The minimum atomic E-state index is -2.81. The highest BCUT2D eigenvalue weighted by molar-refractivity contribution is 7.91. The fraction of sp³-hybridized carbons (Fsp3) is 0.600. The average molecular weight is 295 g/mol. The highest BCUT2D eigenvalue weighted by Crippen LogP contribution is 2.34. The number of fused-ring (bicyclic) bond motifs is 1. The molecule has 0 radical (unpaired) electrons. The van der Waals surface area contributed by atoms with Crippen LogP contribution in [0.2, 0.25) is 0 Å². The maximum absolute atomic E-state index is 11.5.